The highest BCUT2D eigenvalue weighted by atomic mass is 35.5. The molecule has 0 amide bonds. The Kier molecular flexibility index (Phi) is 5.32. The highest BCUT2D eigenvalue weighted by molar-refractivity contribution is 6.30. The van der Waals surface area contributed by atoms with Gasteiger partial charge in [-0.3, -0.25) is 0 Å². The van der Waals surface area contributed by atoms with Crippen LogP contribution in [0.4, 0.5) is 0 Å². The molecule has 0 aliphatic carbocycles. The van der Waals surface area contributed by atoms with Gasteiger partial charge in [-0.2, -0.15) is 0 Å². The monoisotopic (exact) mass is 291 g/mol. The van der Waals surface area contributed by atoms with Gasteiger partial charge >= 0.3 is 0 Å². The van der Waals surface area contributed by atoms with Gasteiger partial charge in [0.2, 0.25) is 5.88 Å². The maximum absolute atomic E-state index is 6.03. The van der Waals surface area contributed by atoms with E-state index in [2.05, 4.69) is 28.3 Å². The minimum atomic E-state index is 0.107. The Morgan fingerprint density at radius 3 is 2.85 bits per heavy atom. The molecule has 0 aliphatic rings. The zero-order valence-electron chi connectivity index (χ0n) is 11.6. The summed E-state index contributed by atoms with van der Waals surface area (Å²) in [6.45, 7) is 2.93. The number of halogens is 1. The van der Waals surface area contributed by atoms with E-state index in [-0.39, 0.29) is 6.04 Å². The molecule has 0 spiro atoms. The molecule has 0 radical (unpaired) electrons. The quantitative estimate of drug-likeness (QED) is 0.889. The highest BCUT2D eigenvalue weighted by Crippen LogP contribution is 2.20. The summed E-state index contributed by atoms with van der Waals surface area (Å²) in [6.07, 6.45) is 2.34. The maximum Gasteiger partial charge on any atom is 0.216 e. The number of hydrogen-bond donors (Lipinski definition) is 1. The predicted octanol–water partition coefficient (Wildman–Crippen LogP) is 3.03. The lowest BCUT2D eigenvalue weighted by Crippen LogP contribution is -2.24. The minimum Gasteiger partial charge on any atom is -0.481 e. The van der Waals surface area contributed by atoms with Crippen molar-refractivity contribution < 1.29 is 4.74 Å². The van der Waals surface area contributed by atoms with Gasteiger partial charge in [0.15, 0.2) is 0 Å². The SMILES string of the molecule is CCNC(Cc1cccc(Cl)c1)c1cc(OC)ncn1. The van der Waals surface area contributed by atoms with E-state index in [9.17, 15) is 0 Å². The molecule has 4 nitrogen and oxygen atoms in total. The fraction of sp³-hybridized carbons (Fsp3) is 0.333. The number of aromatic nitrogens is 2. The van der Waals surface area contributed by atoms with E-state index in [1.54, 1.807) is 7.11 Å². The first kappa shape index (κ1) is 14.8. The van der Waals surface area contributed by atoms with Gasteiger partial charge in [0.05, 0.1) is 18.8 Å². The fourth-order valence-electron chi connectivity index (χ4n) is 2.08. The first-order valence-corrected chi connectivity index (χ1v) is 6.94. The van der Waals surface area contributed by atoms with E-state index in [1.807, 2.05) is 24.3 Å². The molecule has 106 valence electrons. The molecule has 2 aromatic rings. The van der Waals surface area contributed by atoms with Gasteiger partial charge in [-0.05, 0) is 30.7 Å². The molecular formula is C15H18ClN3O. The normalized spacial score (nSPS) is 12.2. The summed E-state index contributed by atoms with van der Waals surface area (Å²) in [5.74, 6) is 0.573. The number of hydrogen-bond acceptors (Lipinski definition) is 4. The number of rotatable bonds is 6. The van der Waals surface area contributed by atoms with Crippen LogP contribution in [0.2, 0.25) is 5.02 Å². The minimum absolute atomic E-state index is 0.107. The van der Waals surface area contributed by atoms with Crippen LogP contribution < -0.4 is 10.1 Å². The Bertz CT molecular complexity index is 562. The first-order valence-electron chi connectivity index (χ1n) is 6.56. The Labute approximate surface area is 124 Å². The Morgan fingerprint density at radius 1 is 1.30 bits per heavy atom. The Morgan fingerprint density at radius 2 is 2.15 bits per heavy atom. The Balaban J connectivity index is 2.21. The number of ether oxygens (including phenoxy) is 1. The van der Waals surface area contributed by atoms with Crippen LogP contribution in [0.15, 0.2) is 36.7 Å². The molecule has 1 atom stereocenters. The van der Waals surface area contributed by atoms with Crippen LogP contribution >= 0.6 is 11.6 Å². The molecule has 0 fully saturated rings. The molecule has 0 aliphatic heterocycles. The van der Waals surface area contributed by atoms with Gasteiger partial charge in [-0.1, -0.05) is 30.7 Å². The summed E-state index contributed by atoms with van der Waals surface area (Å²) >= 11 is 6.03. The third-order valence-corrected chi connectivity index (χ3v) is 3.24. The summed E-state index contributed by atoms with van der Waals surface area (Å²) in [6, 6.07) is 9.84. The number of methoxy groups -OCH3 is 1. The topological polar surface area (TPSA) is 47.0 Å². The van der Waals surface area contributed by atoms with Crippen LogP contribution in [0.3, 0.4) is 0 Å². The van der Waals surface area contributed by atoms with Crippen molar-refractivity contribution in [1.29, 1.82) is 0 Å². The second-order valence-electron chi connectivity index (χ2n) is 4.43. The van der Waals surface area contributed by atoms with Crippen molar-refractivity contribution in [2.24, 2.45) is 0 Å². The van der Waals surface area contributed by atoms with Gasteiger partial charge in [0.25, 0.3) is 0 Å². The van der Waals surface area contributed by atoms with Crippen molar-refractivity contribution in [2.45, 2.75) is 19.4 Å². The van der Waals surface area contributed by atoms with Gasteiger partial charge in [0, 0.05) is 11.1 Å². The summed E-state index contributed by atoms with van der Waals surface area (Å²) in [5, 5.41) is 4.18. The predicted molar refractivity (Wildman–Crippen MR) is 80.2 cm³/mol. The third kappa shape index (κ3) is 3.92. The van der Waals surface area contributed by atoms with Crippen molar-refractivity contribution in [3.8, 4) is 5.88 Å². The van der Waals surface area contributed by atoms with Crippen LogP contribution in [0, 0.1) is 0 Å². The molecule has 1 heterocycles. The second kappa shape index (κ2) is 7.22. The maximum atomic E-state index is 6.03. The lowest BCUT2D eigenvalue weighted by Gasteiger charge is -2.18. The number of likely N-dealkylation sites (N-methyl/N-ethyl adjacent to an activating group) is 1. The Hall–Kier alpha value is -1.65. The molecule has 2 rings (SSSR count). The van der Waals surface area contributed by atoms with Crippen LogP contribution in [0.25, 0.3) is 0 Å². The summed E-state index contributed by atoms with van der Waals surface area (Å²) in [4.78, 5) is 8.38. The van der Waals surface area contributed by atoms with Crippen molar-refractivity contribution in [2.75, 3.05) is 13.7 Å². The van der Waals surface area contributed by atoms with E-state index in [0.717, 1.165) is 23.7 Å². The van der Waals surface area contributed by atoms with Gasteiger partial charge < -0.3 is 10.1 Å². The van der Waals surface area contributed by atoms with E-state index < -0.39 is 0 Å². The van der Waals surface area contributed by atoms with Crippen LogP contribution in [-0.2, 0) is 6.42 Å². The lowest BCUT2D eigenvalue weighted by atomic mass is 10.0. The highest BCUT2D eigenvalue weighted by Gasteiger charge is 2.14. The standard InChI is InChI=1S/C15H18ClN3O/c1-3-17-13(8-11-5-4-6-12(16)7-11)14-9-15(20-2)19-10-18-14/h4-7,9-10,13,17H,3,8H2,1-2H3. The van der Waals surface area contributed by atoms with Crippen LogP contribution in [0.1, 0.15) is 24.2 Å². The number of nitrogens with zero attached hydrogens (tertiary/aromatic N) is 2. The smallest absolute Gasteiger partial charge is 0.216 e. The molecular weight excluding hydrogens is 274 g/mol. The van der Waals surface area contributed by atoms with E-state index in [1.165, 1.54) is 11.9 Å². The second-order valence-corrected chi connectivity index (χ2v) is 4.87. The largest absolute Gasteiger partial charge is 0.481 e. The summed E-state index contributed by atoms with van der Waals surface area (Å²) < 4.78 is 5.15. The van der Waals surface area contributed by atoms with Crippen molar-refractivity contribution in [3.05, 3.63) is 52.9 Å². The molecule has 1 N–H and O–H groups in total. The zero-order valence-corrected chi connectivity index (χ0v) is 12.4. The zero-order chi connectivity index (χ0) is 14.4. The lowest BCUT2D eigenvalue weighted by molar-refractivity contribution is 0.393. The molecule has 1 aromatic carbocycles. The van der Waals surface area contributed by atoms with Gasteiger partial charge in [-0.25, -0.2) is 9.97 Å². The third-order valence-electron chi connectivity index (χ3n) is 3.01. The molecule has 0 saturated carbocycles. The van der Waals surface area contributed by atoms with Crippen LogP contribution in [0.5, 0.6) is 5.88 Å². The molecule has 20 heavy (non-hydrogen) atoms. The molecule has 1 unspecified atom stereocenters. The van der Waals surface area contributed by atoms with E-state index >= 15 is 0 Å². The van der Waals surface area contributed by atoms with E-state index in [0.29, 0.717) is 5.88 Å². The van der Waals surface area contributed by atoms with Gasteiger partial charge in [0.1, 0.15) is 6.33 Å². The van der Waals surface area contributed by atoms with Crippen molar-refractivity contribution in [1.82, 2.24) is 15.3 Å². The molecule has 0 saturated heterocycles. The summed E-state index contributed by atoms with van der Waals surface area (Å²) in [5.41, 5.74) is 2.08. The average molecular weight is 292 g/mol. The molecule has 5 heteroatoms. The molecule has 0 bridgehead atoms. The average Bonchev–Trinajstić information content (AvgIpc) is 2.47. The number of benzene rings is 1. The molecule has 1 aromatic heterocycles. The van der Waals surface area contributed by atoms with Gasteiger partial charge in [-0.15, -0.1) is 0 Å². The van der Waals surface area contributed by atoms with Crippen molar-refractivity contribution >= 4 is 11.6 Å². The van der Waals surface area contributed by atoms with E-state index in [4.69, 9.17) is 16.3 Å². The van der Waals surface area contributed by atoms with Crippen molar-refractivity contribution in [3.63, 3.8) is 0 Å². The first-order chi connectivity index (χ1) is 9.72. The summed E-state index contributed by atoms with van der Waals surface area (Å²) in [7, 11) is 1.60. The van der Waals surface area contributed by atoms with Crippen LogP contribution in [-0.4, -0.2) is 23.6 Å². The fourth-order valence-corrected chi connectivity index (χ4v) is 2.30. The number of nitrogens with one attached hydrogen (secondary N) is 1.